The summed E-state index contributed by atoms with van der Waals surface area (Å²) in [6.45, 7) is 7.08. The first-order valence-electron chi connectivity index (χ1n) is 10.2. The second-order valence-electron chi connectivity index (χ2n) is 7.87. The Bertz CT molecular complexity index is 910. The molecular weight excluding hydrogens is 423 g/mol. The molecule has 0 unspecified atom stereocenters. The fourth-order valence-corrected chi connectivity index (χ4v) is 4.30. The van der Waals surface area contributed by atoms with Gasteiger partial charge in [0.25, 0.3) is 0 Å². The first kappa shape index (κ1) is 25.4. The number of ether oxygens (including phenoxy) is 2. The number of methoxy groups -OCH3 is 1. The van der Waals surface area contributed by atoms with Gasteiger partial charge in [0.1, 0.15) is 5.75 Å². The van der Waals surface area contributed by atoms with Gasteiger partial charge in [-0.3, -0.25) is 13.6 Å². The zero-order valence-electron chi connectivity index (χ0n) is 19.3. The quantitative estimate of drug-likeness (QED) is 0.356. The molecule has 9 nitrogen and oxygen atoms in total. The third-order valence-corrected chi connectivity index (χ3v) is 5.97. The average Bonchev–Trinajstić information content (AvgIpc) is 3.02. The largest absolute Gasteiger partial charge is 0.497 e. The fourth-order valence-electron chi connectivity index (χ4n) is 2.91. The predicted molar refractivity (Wildman–Crippen MR) is 119 cm³/mol. The average molecular weight is 456 g/mol. The number of rotatable bonds is 11. The van der Waals surface area contributed by atoms with Crippen molar-refractivity contribution in [2.24, 2.45) is 0 Å². The molecule has 0 radical (unpaired) electrons. The first-order valence-corrected chi connectivity index (χ1v) is 11.6. The number of benzene rings is 1. The van der Waals surface area contributed by atoms with E-state index in [4.69, 9.17) is 23.0 Å². The van der Waals surface area contributed by atoms with E-state index in [2.05, 4.69) is 4.90 Å². The number of likely N-dealkylation sites (N-methyl/N-ethyl adjacent to an activating group) is 1. The van der Waals surface area contributed by atoms with Crippen molar-refractivity contribution in [2.75, 3.05) is 34.5 Å². The van der Waals surface area contributed by atoms with Crippen molar-refractivity contribution in [2.45, 2.75) is 46.3 Å². The zero-order chi connectivity index (χ0) is 23.2. The monoisotopic (exact) mass is 456 g/mol. The highest BCUT2D eigenvalue weighted by atomic mass is 31.2. The fraction of sp³-hybridized carbons (Fsp3) is 0.571. The minimum atomic E-state index is -3.86. The molecule has 0 saturated carbocycles. The molecule has 0 aliphatic heterocycles. The van der Waals surface area contributed by atoms with E-state index in [0.29, 0.717) is 11.3 Å². The van der Waals surface area contributed by atoms with Crippen LogP contribution in [0.15, 0.2) is 24.4 Å². The van der Waals surface area contributed by atoms with Crippen molar-refractivity contribution in [3.05, 3.63) is 30.0 Å². The van der Waals surface area contributed by atoms with Gasteiger partial charge in [-0.1, -0.05) is 0 Å². The third-order valence-electron chi connectivity index (χ3n) is 4.19. The summed E-state index contributed by atoms with van der Waals surface area (Å²) in [7, 11) is 1.71. The van der Waals surface area contributed by atoms with Gasteiger partial charge in [-0.25, -0.2) is 13.9 Å². The summed E-state index contributed by atoms with van der Waals surface area (Å²) >= 11 is 0. The maximum atomic E-state index is 12.7. The van der Waals surface area contributed by atoms with E-state index in [1.54, 1.807) is 53.1 Å². The molecule has 31 heavy (non-hydrogen) atoms. The number of carbonyl (C=O) groups is 1. The molecule has 1 aromatic heterocycles. The lowest BCUT2D eigenvalue weighted by atomic mass is 10.1. The molecule has 0 aliphatic rings. The van der Waals surface area contributed by atoms with Crippen molar-refractivity contribution >= 4 is 24.8 Å². The van der Waals surface area contributed by atoms with Gasteiger partial charge in [-0.15, -0.1) is 0 Å². The topological polar surface area (TPSA) is 88.5 Å². The number of aromatic nitrogens is 1. The number of nitrogens with zero attached hydrogens (tertiary/aromatic N) is 2. The van der Waals surface area contributed by atoms with Gasteiger partial charge in [-0.05, 0) is 72.0 Å². The van der Waals surface area contributed by atoms with Crippen molar-refractivity contribution in [1.82, 2.24) is 9.47 Å². The summed E-state index contributed by atoms with van der Waals surface area (Å²) in [6.07, 6.45) is 1.05. The molecule has 0 amide bonds. The van der Waals surface area contributed by atoms with Crippen LogP contribution in [-0.2, 0) is 29.3 Å². The van der Waals surface area contributed by atoms with Crippen LogP contribution in [-0.4, -0.2) is 62.3 Å². The molecule has 0 aliphatic carbocycles. The summed E-state index contributed by atoms with van der Waals surface area (Å²) in [5, 5.41) is 0.899. The van der Waals surface area contributed by atoms with Crippen LogP contribution < -0.4 is 4.74 Å². The summed E-state index contributed by atoms with van der Waals surface area (Å²) in [6, 6.07) is 5.46. The van der Waals surface area contributed by atoms with Gasteiger partial charge in [0, 0.05) is 18.1 Å². The summed E-state index contributed by atoms with van der Waals surface area (Å²) < 4.78 is 40.4. The van der Waals surface area contributed by atoms with Crippen LogP contribution >= 0.6 is 7.82 Å². The molecule has 0 saturated heterocycles. The highest BCUT2D eigenvalue weighted by Crippen LogP contribution is 2.51. The van der Waals surface area contributed by atoms with Crippen LogP contribution in [0.3, 0.4) is 0 Å². The maximum Gasteiger partial charge on any atom is 0.478 e. The molecule has 10 heteroatoms. The van der Waals surface area contributed by atoms with Gasteiger partial charge in [0.15, 0.2) is 0 Å². The molecule has 2 rings (SSSR count). The molecule has 0 atom stereocenters. The Morgan fingerprint density at radius 2 is 1.77 bits per heavy atom. The Kier molecular flexibility index (Phi) is 9.09. The number of phosphoric ester groups is 1. The standard InChI is InChI=1S/C21H33N2O7P/c1-15(2)29-31(25,30-16(3)4)28-14-27-21(24)23-13-17(10-11-22(5)6)19-12-18(26-7)8-9-20(19)23/h8-9,12-13,15-16H,10-11,14H2,1-7H3. The second kappa shape index (κ2) is 11.1. The van der Waals surface area contributed by atoms with Crippen LogP contribution in [0.1, 0.15) is 33.3 Å². The van der Waals surface area contributed by atoms with Crippen LogP contribution in [0, 0.1) is 0 Å². The lowest BCUT2D eigenvalue weighted by molar-refractivity contribution is 0.00779. The van der Waals surface area contributed by atoms with Crippen LogP contribution in [0.25, 0.3) is 10.9 Å². The van der Waals surface area contributed by atoms with Gasteiger partial charge in [0.05, 0.1) is 24.8 Å². The lowest BCUT2D eigenvalue weighted by Crippen LogP contribution is -2.17. The highest BCUT2D eigenvalue weighted by Gasteiger charge is 2.30. The van der Waals surface area contributed by atoms with Crippen molar-refractivity contribution < 1.29 is 32.4 Å². The predicted octanol–water partition coefficient (Wildman–Crippen LogP) is 4.67. The second-order valence-corrected chi connectivity index (χ2v) is 9.45. The number of hydrogen-bond donors (Lipinski definition) is 0. The van der Waals surface area contributed by atoms with E-state index < -0.39 is 20.7 Å². The number of carbonyl (C=O) groups excluding carboxylic acids is 1. The summed E-state index contributed by atoms with van der Waals surface area (Å²) in [5.74, 6) is 0.700. The highest BCUT2D eigenvalue weighted by molar-refractivity contribution is 7.48. The molecular formula is C21H33N2O7P. The molecule has 0 spiro atoms. The maximum absolute atomic E-state index is 12.7. The van der Waals surface area contributed by atoms with E-state index >= 15 is 0 Å². The molecule has 0 bridgehead atoms. The molecule has 174 valence electrons. The van der Waals surface area contributed by atoms with Crippen molar-refractivity contribution in [3.63, 3.8) is 0 Å². The van der Waals surface area contributed by atoms with E-state index in [-0.39, 0.29) is 12.2 Å². The van der Waals surface area contributed by atoms with Gasteiger partial charge < -0.3 is 14.4 Å². The zero-order valence-corrected chi connectivity index (χ0v) is 20.2. The minimum absolute atomic E-state index is 0.386. The summed E-state index contributed by atoms with van der Waals surface area (Å²) in [5.41, 5.74) is 1.66. The van der Waals surface area contributed by atoms with E-state index in [0.717, 1.165) is 23.9 Å². The van der Waals surface area contributed by atoms with E-state index in [9.17, 15) is 9.36 Å². The van der Waals surface area contributed by atoms with E-state index in [1.807, 2.05) is 20.2 Å². The number of phosphoric acid groups is 1. The van der Waals surface area contributed by atoms with Gasteiger partial charge in [0.2, 0.25) is 6.79 Å². The van der Waals surface area contributed by atoms with Crippen LogP contribution in [0.4, 0.5) is 4.79 Å². The Morgan fingerprint density at radius 1 is 1.13 bits per heavy atom. The molecule has 1 aromatic carbocycles. The summed E-state index contributed by atoms with van der Waals surface area (Å²) in [4.78, 5) is 14.8. The smallest absolute Gasteiger partial charge is 0.478 e. The normalized spacial score (nSPS) is 12.3. The number of hydrogen-bond acceptors (Lipinski definition) is 8. The number of fused-ring (bicyclic) bond motifs is 1. The van der Waals surface area contributed by atoms with Gasteiger partial charge in [-0.2, -0.15) is 0 Å². The molecule has 2 aromatic rings. The minimum Gasteiger partial charge on any atom is -0.497 e. The van der Waals surface area contributed by atoms with E-state index in [1.165, 1.54) is 4.57 Å². The van der Waals surface area contributed by atoms with Gasteiger partial charge >= 0.3 is 13.9 Å². The van der Waals surface area contributed by atoms with Crippen molar-refractivity contribution in [3.8, 4) is 5.75 Å². The van der Waals surface area contributed by atoms with Crippen molar-refractivity contribution in [1.29, 1.82) is 0 Å². The Morgan fingerprint density at radius 3 is 2.32 bits per heavy atom. The van der Waals surface area contributed by atoms with Crippen LogP contribution in [0.5, 0.6) is 5.75 Å². The first-order chi connectivity index (χ1) is 14.5. The SMILES string of the molecule is COc1ccc2c(c1)c(CCN(C)C)cn2C(=O)OCOP(=O)(OC(C)C)OC(C)C. The Labute approximate surface area is 183 Å². The van der Waals surface area contributed by atoms with Crippen LogP contribution in [0.2, 0.25) is 0 Å². The molecule has 0 fully saturated rings. The molecule has 1 heterocycles. The molecule has 0 N–H and O–H groups in total. The third kappa shape index (κ3) is 7.33. The lowest BCUT2D eigenvalue weighted by Gasteiger charge is -2.21. The Balaban J connectivity index is 2.18. The Hall–Kier alpha value is -1.90.